The molecule has 0 radical (unpaired) electrons. The minimum Gasteiger partial charge on any atom is -0.465 e. The number of hydrogen-bond acceptors (Lipinski definition) is 7. The molecule has 5 aromatic rings. The molecule has 0 fully saturated rings. The molecule has 1 N–H and O–H groups in total. The van der Waals surface area contributed by atoms with Gasteiger partial charge >= 0.3 is 5.97 Å². The number of esters is 1. The number of hydrogen-bond donors (Lipinski definition) is 1. The van der Waals surface area contributed by atoms with Crippen LogP contribution in [-0.4, -0.2) is 33.6 Å². The summed E-state index contributed by atoms with van der Waals surface area (Å²) in [6.07, 6.45) is 3.17. The van der Waals surface area contributed by atoms with Crippen molar-refractivity contribution in [3.05, 3.63) is 69.6 Å². The van der Waals surface area contributed by atoms with Crippen LogP contribution in [0.5, 0.6) is 0 Å². The number of thiophene rings is 2. The Morgan fingerprint density at radius 3 is 2.87 bits per heavy atom. The fraction of sp³-hybridized carbons (Fsp3) is 0.0476. The lowest BCUT2D eigenvalue weighted by Crippen LogP contribution is -2.12. The van der Waals surface area contributed by atoms with Crippen LogP contribution < -0.4 is 5.32 Å². The first-order valence-corrected chi connectivity index (χ1v) is 11.1. The van der Waals surface area contributed by atoms with Crippen LogP contribution >= 0.6 is 34.3 Å². The average molecular weight is 469 g/mol. The van der Waals surface area contributed by atoms with E-state index in [0.717, 1.165) is 20.7 Å². The summed E-state index contributed by atoms with van der Waals surface area (Å²) in [6.45, 7) is 0. The van der Waals surface area contributed by atoms with Crippen LogP contribution in [0.25, 0.3) is 26.3 Å². The number of benzene rings is 1. The maximum absolute atomic E-state index is 13.0. The summed E-state index contributed by atoms with van der Waals surface area (Å²) < 4.78 is 7.19. The van der Waals surface area contributed by atoms with E-state index in [1.54, 1.807) is 40.2 Å². The summed E-state index contributed by atoms with van der Waals surface area (Å²) in [5.74, 6) is -0.822. The van der Waals surface area contributed by atoms with Crippen molar-refractivity contribution >= 4 is 67.6 Å². The molecule has 0 saturated heterocycles. The summed E-state index contributed by atoms with van der Waals surface area (Å²) in [5, 5.41) is 10.3. The number of aromatic nitrogens is 3. The van der Waals surface area contributed by atoms with Crippen LogP contribution in [0.2, 0.25) is 5.02 Å². The third kappa shape index (κ3) is 3.36. The molecule has 0 saturated carbocycles. The number of fused-ring (bicyclic) bond motifs is 2. The van der Waals surface area contributed by atoms with Crippen molar-refractivity contribution in [3.8, 4) is 10.6 Å². The van der Waals surface area contributed by atoms with Gasteiger partial charge in [0.1, 0.15) is 10.4 Å². The van der Waals surface area contributed by atoms with Crippen molar-refractivity contribution in [1.29, 1.82) is 0 Å². The third-order valence-electron chi connectivity index (χ3n) is 4.68. The molecule has 154 valence electrons. The third-order valence-corrected chi connectivity index (χ3v) is 7.21. The number of rotatable bonds is 4. The fourth-order valence-corrected chi connectivity index (χ4v) is 5.43. The van der Waals surface area contributed by atoms with Crippen LogP contribution in [0.15, 0.2) is 54.2 Å². The van der Waals surface area contributed by atoms with Gasteiger partial charge in [-0.2, -0.15) is 5.10 Å². The van der Waals surface area contributed by atoms with Gasteiger partial charge in [0.25, 0.3) is 5.91 Å². The molecule has 7 nitrogen and oxygen atoms in total. The summed E-state index contributed by atoms with van der Waals surface area (Å²) in [6, 6.07) is 11.1. The molecule has 1 amide bonds. The zero-order valence-electron chi connectivity index (χ0n) is 16.0. The maximum Gasteiger partial charge on any atom is 0.349 e. The van der Waals surface area contributed by atoms with Crippen LogP contribution in [0.3, 0.4) is 0 Å². The van der Waals surface area contributed by atoms with Gasteiger partial charge in [0.2, 0.25) is 0 Å². The monoisotopic (exact) mass is 468 g/mol. The van der Waals surface area contributed by atoms with Crippen LogP contribution in [-0.2, 0) is 4.74 Å². The molecule has 31 heavy (non-hydrogen) atoms. The zero-order chi connectivity index (χ0) is 21.5. The van der Waals surface area contributed by atoms with E-state index >= 15 is 0 Å². The Hall–Kier alpha value is -3.27. The van der Waals surface area contributed by atoms with Crippen LogP contribution in [0.4, 0.5) is 5.69 Å². The van der Waals surface area contributed by atoms with Crippen molar-refractivity contribution in [1.82, 2.24) is 14.6 Å². The second-order valence-electron chi connectivity index (χ2n) is 6.50. The van der Waals surface area contributed by atoms with E-state index in [0.29, 0.717) is 26.8 Å². The average Bonchev–Trinajstić information content (AvgIpc) is 3.52. The summed E-state index contributed by atoms with van der Waals surface area (Å²) in [7, 11) is 1.31. The number of halogens is 1. The van der Waals surface area contributed by atoms with Gasteiger partial charge in [-0.15, -0.1) is 22.7 Å². The van der Waals surface area contributed by atoms with Crippen molar-refractivity contribution < 1.29 is 14.3 Å². The lowest BCUT2D eigenvalue weighted by atomic mass is 10.2. The Morgan fingerprint density at radius 1 is 1.23 bits per heavy atom. The highest BCUT2D eigenvalue weighted by Gasteiger charge is 2.20. The van der Waals surface area contributed by atoms with E-state index in [1.165, 1.54) is 24.6 Å². The number of methoxy groups -OCH3 is 1. The number of carbonyl (C=O) groups is 2. The van der Waals surface area contributed by atoms with E-state index in [4.69, 9.17) is 16.3 Å². The van der Waals surface area contributed by atoms with Crippen molar-refractivity contribution in [2.75, 3.05) is 12.4 Å². The quantitative estimate of drug-likeness (QED) is 0.358. The minimum atomic E-state index is -0.490. The SMILES string of the molecule is COC(=O)c1sc2cc(NC(=O)c3cnn4c(-c5cccs5)ccnc34)ccc2c1Cl. The number of nitrogens with zero attached hydrogens (tertiary/aromatic N) is 3. The normalized spacial score (nSPS) is 11.2. The first kappa shape index (κ1) is 19.7. The van der Waals surface area contributed by atoms with Gasteiger partial charge in [-0.1, -0.05) is 17.7 Å². The molecule has 0 atom stereocenters. The largest absolute Gasteiger partial charge is 0.465 e. The van der Waals surface area contributed by atoms with Crippen LogP contribution in [0, 0.1) is 0 Å². The number of ether oxygens (including phenoxy) is 1. The maximum atomic E-state index is 13.0. The molecule has 0 aliphatic rings. The van der Waals surface area contributed by atoms with Crippen LogP contribution in [0.1, 0.15) is 20.0 Å². The van der Waals surface area contributed by atoms with Gasteiger partial charge in [-0.25, -0.2) is 14.3 Å². The standard InChI is InChI=1S/C21H13ClN4O3S2/c1-29-21(28)18-17(22)12-5-4-11(9-16(12)31-18)25-20(27)13-10-24-26-14(6-7-23-19(13)26)15-3-2-8-30-15/h2-10H,1H3,(H,25,27). The highest BCUT2D eigenvalue weighted by Crippen LogP contribution is 2.37. The predicted molar refractivity (Wildman–Crippen MR) is 122 cm³/mol. The van der Waals surface area contributed by atoms with Gasteiger partial charge in [0.15, 0.2) is 5.65 Å². The Morgan fingerprint density at radius 2 is 2.10 bits per heavy atom. The Kier molecular flexibility index (Phi) is 4.93. The molecule has 0 unspecified atom stereocenters. The summed E-state index contributed by atoms with van der Waals surface area (Å²) in [5.41, 5.74) is 2.26. The second-order valence-corrected chi connectivity index (χ2v) is 8.88. The molecule has 0 aliphatic heterocycles. The highest BCUT2D eigenvalue weighted by atomic mass is 35.5. The fourth-order valence-electron chi connectivity index (χ4n) is 3.23. The van der Waals surface area contributed by atoms with Gasteiger partial charge in [-0.3, -0.25) is 4.79 Å². The van der Waals surface area contributed by atoms with Gasteiger partial charge in [0.05, 0.1) is 28.9 Å². The lowest BCUT2D eigenvalue weighted by Gasteiger charge is -2.05. The molecule has 0 spiro atoms. The van der Waals surface area contributed by atoms with Gasteiger partial charge in [0, 0.05) is 22.0 Å². The Bertz CT molecular complexity index is 1460. The van der Waals surface area contributed by atoms with E-state index in [-0.39, 0.29) is 5.91 Å². The van der Waals surface area contributed by atoms with Gasteiger partial charge < -0.3 is 10.1 Å². The molecule has 0 aliphatic carbocycles. The summed E-state index contributed by atoms with van der Waals surface area (Å²) in [4.78, 5) is 30.5. The Labute approximate surface area is 188 Å². The van der Waals surface area contributed by atoms with E-state index in [2.05, 4.69) is 15.4 Å². The number of nitrogens with one attached hydrogen (secondary N) is 1. The molecule has 0 bridgehead atoms. The molecule has 4 aromatic heterocycles. The highest BCUT2D eigenvalue weighted by molar-refractivity contribution is 7.21. The van der Waals surface area contributed by atoms with E-state index < -0.39 is 5.97 Å². The molecule has 4 heterocycles. The first-order chi connectivity index (χ1) is 15.1. The molecular formula is C21H13ClN4O3S2. The van der Waals surface area contributed by atoms with Crippen molar-refractivity contribution in [3.63, 3.8) is 0 Å². The smallest absolute Gasteiger partial charge is 0.349 e. The molecule has 5 rings (SSSR count). The lowest BCUT2D eigenvalue weighted by molar-refractivity contribution is 0.0606. The number of amides is 1. The van der Waals surface area contributed by atoms with E-state index in [1.807, 2.05) is 23.6 Å². The number of carbonyl (C=O) groups excluding carboxylic acids is 2. The second kappa shape index (κ2) is 7.77. The minimum absolute atomic E-state index is 0.329. The summed E-state index contributed by atoms with van der Waals surface area (Å²) >= 11 is 9.10. The zero-order valence-corrected chi connectivity index (χ0v) is 18.3. The van der Waals surface area contributed by atoms with Gasteiger partial charge in [-0.05, 0) is 35.7 Å². The molecular weight excluding hydrogens is 456 g/mol. The number of anilines is 1. The topological polar surface area (TPSA) is 85.6 Å². The van der Waals surface area contributed by atoms with Crippen molar-refractivity contribution in [2.24, 2.45) is 0 Å². The first-order valence-electron chi connectivity index (χ1n) is 9.05. The Balaban J connectivity index is 1.48. The predicted octanol–water partition coefficient (Wildman–Crippen LogP) is 5.36. The van der Waals surface area contributed by atoms with E-state index in [9.17, 15) is 9.59 Å². The molecule has 1 aromatic carbocycles. The van der Waals surface area contributed by atoms with Crippen molar-refractivity contribution in [2.45, 2.75) is 0 Å². The molecule has 10 heteroatoms.